The number of benzene rings is 2. The number of hydrogen-bond donors (Lipinski definition) is 1. The van der Waals surface area contributed by atoms with Crippen LogP contribution in [-0.2, 0) is 37.0 Å². The van der Waals surface area contributed by atoms with Gasteiger partial charge in [-0.1, -0.05) is 0 Å². The second-order valence-corrected chi connectivity index (χ2v) is 11.1. The highest BCUT2D eigenvalue weighted by Crippen LogP contribution is 2.26. The number of nitrogens with zero attached hydrogens (tertiary/aromatic N) is 3. The van der Waals surface area contributed by atoms with E-state index < -0.39 is 44.3 Å². The number of hydrogen-bond acceptors (Lipinski definition) is 11. The molecule has 2 atom stereocenters. The van der Waals surface area contributed by atoms with Gasteiger partial charge in [-0.2, -0.15) is 8.42 Å². The van der Waals surface area contributed by atoms with E-state index in [9.17, 15) is 38.2 Å². The average molecular weight is 595 g/mol. The van der Waals surface area contributed by atoms with Gasteiger partial charge in [0.25, 0.3) is 21.5 Å². The molecule has 2 aromatic rings. The van der Waals surface area contributed by atoms with Gasteiger partial charge in [0.05, 0.1) is 28.8 Å². The third-order valence-electron chi connectivity index (χ3n) is 6.31. The van der Waals surface area contributed by atoms with Gasteiger partial charge >= 0.3 is 12.2 Å². The van der Waals surface area contributed by atoms with Crippen molar-refractivity contribution in [3.8, 4) is 0 Å². The van der Waals surface area contributed by atoms with Crippen LogP contribution in [0.15, 0.2) is 42.5 Å². The topological polar surface area (TPSA) is 198 Å². The Morgan fingerprint density at radius 1 is 1.02 bits per heavy atom. The maximum atomic E-state index is 12.8. The number of carbonyl (C=O) groups is 2. The number of alkyl carbamates (subject to hydrolysis) is 1. The molecule has 1 saturated heterocycles. The van der Waals surface area contributed by atoms with Crippen LogP contribution in [0.4, 0.5) is 21.0 Å². The molecule has 3 rings (SSSR count). The summed E-state index contributed by atoms with van der Waals surface area (Å²) in [6.07, 6.45) is -0.156. The van der Waals surface area contributed by atoms with Crippen LogP contribution in [0.2, 0.25) is 0 Å². The third kappa shape index (κ3) is 9.68. The highest BCUT2D eigenvalue weighted by molar-refractivity contribution is 7.86. The van der Waals surface area contributed by atoms with Gasteiger partial charge in [0, 0.05) is 36.9 Å². The standard InChI is InChI=1S/C25H30N4O11S/c1-17-12-22(29(34)35)10-7-19(17)16-38-24(30)26-11-3-4-21-13-23(40-41(2,36)37)14-27(21)25(31)39-15-18-5-8-20(9-6-18)28(32)33/h5-10,12,21,23H,3-4,11,13-16H2,1-2H3,(H,26,30)/t21-,23-/m1/s1. The van der Waals surface area contributed by atoms with Gasteiger partial charge in [-0.25, -0.2) is 9.59 Å². The van der Waals surface area contributed by atoms with Crippen molar-refractivity contribution in [3.63, 3.8) is 0 Å². The van der Waals surface area contributed by atoms with Gasteiger partial charge in [0.15, 0.2) is 0 Å². The van der Waals surface area contributed by atoms with E-state index in [0.29, 0.717) is 29.5 Å². The Hall–Kier alpha value is -4.31. The molecule has 2 aromatic carbocycles. The van der Waals surface area contributed by atoms with Crippen molar-refractivity contribution >= 4 is 33.7 Å². The van der Waals surface area contributed by atoms with Crippen molar-refractivity contribution in [2.24, 2.45) is 0 Å². The fourth-order valence-electron chi connectivity index (χ4n) is 4.31. The van der Waals surface area contributed by atoms with Crippen LogP contribution in [0.1, 0.15) is 36.0 Å². The molecule has 41 heavy (non-hydrogen) atoms. The lowest BCUT2D eigenvalue weighted by Gasteiger charge is -2.23. The molecule has 15 nitrogen and oxygen atoms in total. The molecule has 0 saturated carbocycles. The van der Waals surface area contributed by atoms with E-state index in [1.807, 2.05) is 0 Å². The Morgan fingerprint density at radius 3 is 2.29 bits per heavy atom. The van der Waals surface area contributed by atoms with E-state index in [1.165, 1.54) is 47.4 Å². The number of nitrogens with one attached hydrogen (secondary N) is 1. The summed E-state index contributed by atoms with van der Waals surface area (Å²) >= 11 is 0. The summed E-state index contributed by atoms with van der Waals surface area (Å²) in [7, 11) is -3.76. The van der Waals surface area contributed by atoms with Crippen molar-refractivity contribution in [1.29, 1.82) is 0 Å². The molecule has 16 heteroatoms. The quantitative estimate of drug-likeness (QED) is 0.163. The molecular weight excluding hydrogens is 564 g/mol. The average Bonchev–Trinajstić information content (AvgIpc) is 3.30. The second-order valence-electron chi connectivity index (χ2n) is 9.46. The van der Waals surface area contributed by atoms with E-state index in [2.05, 4.69) is 5.32 Å². The van der Waals surface area contributed by atoms with Gasteiger partial charge in [-0.05, 0) is 61.1 Å². The van der Waals surface area contributed by atoms with Crippen LogP contribution in [0, 0.1) is 27.2 Å². The zero-order chi connectivity index (χ0) is 30.2. The first kappa shape index (κ1) is 31.2. The van der Waals surface area contributed by atoms with Gasteiger partial charge in [-0.15, -0.1) is 0 Å². The maximum absolute atomic E-state index is 12.8. The Kier molecular flexibility index (Phi) is 10.5. The molecule has 0 spiro atoms. The van der Waals surface area contributed by atoms with E-state index in [0.717, 1.165) is 6.26 Å². The lowest BCUT2D eigenvalue weighted by atomic mass is 10.1. The van der Waals surface area contributed by atoms with E-state index in [-0.39, 0.29) is 44.1 Å². The van der Waals surface area contributed by atoms with Crippen LogP contribution >= 0.6 is 0 Å². The summed E-state index contributed by atoms with van der Waals surface area (Å²) in [5.74, 6) is 0. The molecular formula is C25H30N4O11S. The molecule has 0 radical (unpaired) electrons. The van der Waals surface area contributed by atoms with Crippen LogP contribution in [-0.4, -0.2) is 66.8 Å². The Balaban J connectivity index is 1.49. The van der Waals surface area contributed by atoms with Crippen molar-refractivity contribution < 1.29 is 41.5 Å². The lowest BCUT2D eigenvalue weighted by Crippen LogP contribution is -2.37. The third-order valence-corrected chi connectivity index (χ3v) is 6.93. The van der Waals surface area contributed by atoms with Gasteiger partial charge in [0.1, 0.15) is 13.2 Å². The predicted molar refractivity (Wildman–Crippen MR) is 143 cm³/mol. The number of non-ortho nitro benzene ring substituents is 2. The lowest BCUT2D eigenvalue weighted by molar-refractivity contribution is -0.385. The first-order valence-corrected chi connectivity index (χ1v) is 14.3. The number of rotatable bonds is 12. The minimum atomic E-state index is -3.76. The number of amides is 2. The normalized spacial score (nSPS) is 16.7. The molecule has 222 valence electrons. The number of nitro benzene ring substituents is 2. The van der Waals surface area contributed by atoms with Gasteiger partial charge in [0.2, 0.25) is 0 Å². The highest BCUT2D eigenvalue weighted by atomic mass is 32.2. The molecule has 0 unspecified atom stereocenters. The summed E-state index contributed by atoms with van der Waals surface area (Å²) in [5.41, 5.74) is 1.61. The smallest absolute Gasteiger partial charge is 0.410 e. The van der Waals surface area contributed by atoms with Crippen LogP contribution < -0.4 is 5.32 Å². The van der Waals surface area contributed by atoms with Crippen LogP contribution in [0.25, 0.3) is 0 Å². The summed E-state index contributed by atoms with van der Waals surface area (Å²) in [6, 6.07) is 9.34. The summed E-state index contributed by atoms with van der Waals surface area (Å²) in [5, 5.41) is 24.3. The fraction of sp³-hybridized carbons (Fsp3) is 0.440. The Morgan fingerprint density at radius 2 is 1.68 bits per heavy atom. The molecule has 0 aromatic heterocycles. The first-order valence-electron chi connectivity index (χ1n) is 12.5. The summed E-state index contributed by atoms with van der Waals surface area (Å²) in [4.78, 5) is 46.9. The maximum Gasteiger partial charge on any atom is 0.410 e. The Labute approximate surface area is 235 Å². The van der Waals surface area contributed by atoms with Gasteiger partial charge < -0.3 is 19.7 Å². The molecule has 1 fully saturated rings. The summed E-state index contributed by atoms with van der Waals surface area (Å²) in [6.45, 7) is 1.66. The van der Waals surface area contributed by atoms with E-state index >= 15 is 0 Å². The van der Waals surface area contributed by atoms with E-state index in [1.54, 1.807) is 6.92 Å². The van der Waals surface area contributed by atoms with E-state index in [4.69, 9.17) is 13.7 Å². The van der Waals surface area contributed by atoms with Crippen molar-refractivity contribution in [1.82, 2.24) is 10.2 Å². The molecule has 0 bridgehead atoms. The minimum Gasteiger partial charge on any atom is -0.445 e. The SMILES string of the molecule is Cc1cc([N+](=O)[O-])ccc1COC(=O)NCCC[C@@H]1C[C@@H](OS(C)(=O)=O)CN1C(=O)OCc1ccc([N+](=O)[O-])cc1. The van der Waals surface area contributed by atoms with Crippen LogP contribution in [0.3, 0.4) is 0 Å². The fourth-order valence-corrected chi connectivity index (χ4v) is 4.94. The first-order chi connectivity index (χ1) is 19.3. The molecule has 1 N–H and O–H groups in total. The van der Waals surface area contributed by atoms with Gasteiger partial charge in [-0.3, -0.25) is 24.4 Å². The number of nitro groups is 2. The molecule has 0 aliphatic carbocycles. The molecule has 1 heterocycles. The largest absolute Gasteiger partial charge is 0.445 e. The molecule has 2 amide bonds. The number of aryl methyl sites for hydroxylation is 1. The van der Waals surface area contributed by atoms with Crippen molar-refractivity contribution in [2.75, 3.05) is 19.3 Å². The molecule has 1 aliphatic rings. The predicted octanol–water partition coefficient (Wildman–Crippen LogP) is 3.57. The number of ether oxygens (including phenoxy) is 2. The highest BCUT2D eigenvalue weighted by Gasteiger charge is 2.38. The van der Waals surface area contributed by atoms with Crippen molar-refractivity contribution in [2.45, 2.75) is 51.5 Å². The van der Waals surface area contributed by atoms with Crippen molar-refractivity contribution in [3.05, 3.63) is 79.4 Å². The minimum absolute atomic E-state index is 0.0130. The number of likely N-dealkylation sites (tertiary alicyclic amines) is 1. The monoisotopic (exact) mass is 594 g/mol. The zero-order valence-corrected chi connectivity index (χ0v) is 23.2. The molecule has 1 aliphatic heterocycles. The summed E-state index contributed by atoms with van der Waals surface area (Å²) < 4.78 is 38.9. The Bertz CT molecular complexity index is 1380. The second kappa shape index (κ2) is 13.8. The zero-order valence-electron chi connectivity index (χ0n) is 22.4. The van der Waals surface area contributed by atoms with Crippen LogP contribution in [0.5, 0.6) is 0 Å². The number of carbonyl (C=O) groups excluding carboxylic acids is 2.